The van der Waals surface area contributed by atoms with Crippen molar-refractivity contribution in [1.82, 2.24) is 15.5 Å². The number of hydrogen-bond donors (Lipinski definition) is 1. The van der Waals surface area contributed by atoms with Gasteiger partial charge in [0.1, 0.15) is 0 Å². The van der Waals surface area contributed by atoms with E-state index in [1.54, 1.807) is 7.11 Å². The summed E-state index contributed by atoms with van der Waals surface area (Å²) in [5.74, 6) is 3.03. The van der Waals surface area contributed by atoms with Crippen molar-refractivity contribution in [2.45, 2.75) is 24.7 Å². The number of nitrogens with one attached hydrogen (secondary N) is 1. The molecule has 1 saturated carbocycles. The molecule has 0 radical (unpaired) electrons. The summed E-state index contributed by atoms with van der Waals surface area (Å²) in [6.07, 6.45) is 2.42. The SMILES string of the molecule is COC[C@H]1CNC[C@@H]1c1nc(C2CC2)no1. The summed E-state index contributed by atoms with van der Waals surface area (Å²) in [5.41, 5.74) is 0. The van der Waals surface area contributed by atoms with Crippen molar-refractivity contribution >= 4 is 0 Å². The molecule has 16 heavy (non-hydrogen) atoms. The van der Waals surface area contributed by atoms with Gasteiger partial charge in [0.05, 0.1) is 12.5 Å². The van der Waals surface area contributed by atoms with E-state index in [9.17, 15) is 0 Å². The molecular weight excluding hydrogens is 206 g/mol. The van der Waals surface area contributed by atoms with Gasteiger partial charge in [0.15, 0.2) is 5.82 Å². The Hall–Kier alpha value is -0.940. The van der Waals surface area contributed by atoms with Crippen molar-refractivity contribution in [2.75, 3.05) is 26.8 Å². The van der Waals surface area contributed by atoms with E-state index in [1.807, 2.05) is 0 Å². The topological polar surface area (TPSA) is 60.2 Å². The van der Waals surface area contributed by atoms with Gasteiger partial charge in [-0.1, -0.05) is 5.16 Å². The Morgan fingerprint density at radius 3 is 3.06 bits per heavy atom. The molecule has 0 aromatic carbocycles. The number of ether oxygens (including phenoxy) is 1. The second-order valence-corrected chi connectivity index (χ2v) is 4.75. The fraction of sp³-hybridized carbons (Fsp3) is 0.818. The Morgan fingerprint density at radius 2 is 2.31 bits per heavy atom. The average molecular weight is 223 g/mol. The number of aromatic nitrogens is 2. The van der Waals surface area contributed by atoms with E-state index in [0.29, 0.717) is 17.8 Å². The van der Waals surface area contributed by atoms with E-state index in [2.05, 4.69) is 15.5 Å². The molecule has 0 bridgehead atoms. The molecule has 5 nitrogen and oxygen atoms in total. The van der Waals surface area contributed by atoms with Crippen LogP contribution in [-0.2, 0) is 4.74 Å². The molecule has 0 unspecified atom stereocenters. The summed E-state index contributed by atoms with van der Waals surface area (Å²) >= 11 is 0. The van der Waals surface area contributed by atoms with Gasteiger partial charge < -0.3 is 14.6 Å². The molecule has 5 heteroatoms. The lowest BCUT2D eigenvalue weighted by atomic mass is 9.97. The van der Waals surface area contributed by atoms with E-state index < -0.39 is 0 Å². The first-order valence-electron chi connectivity index (χ1n) is 5.91. The highest BCUT2D eigenvalue weighted by Crippen LogP contribution is 2.39. The van der Waals surface area contributed by atoms with Gasteiger partial charge in [-0.2, -0.15) is 4.98 Å². The molecule has 1 N–H and O–H groups in total. The van der Waals surface area contributed by atoms with Crippen molar-refractivity contribution in [1.29, 1.82) is 0 Å². The lowest BCUT2D eigenvalue weighted by Crippen LogP contribution is -2.16. The monoisotopic (exact) mass is 223 g/mol. The highest BCUT2D eigenvalue weighted by Gasteiger charge is 2.35. The molecule has 0 amide bonds. The van der Waals surface area contributed by atoms with E-state index in [-0.39, 0.29) is 0 Å². The summed E-state index contributed by atoms with van der Waals surface area (Å²) in [5, 5.41) is 7.41. The number of hydrogen-bond acceptors (Lipinski definition) is 5. The zero-order valence-electron chi connectivity index (χ0n) is 9.48. The molecule has 2 atom stereocenters. The lowest BCUT2D eigenvalue weighted by Gasteiger charge is -2.12. The quantitative estimate of drug-likeness (QED) is 0.821. The third-order valence-corrected chi connectivity index (χ3v) is 3.44. The Labute approximate surface area is 94.6 Å². The van der Waals surface area contributed by atoms with E-state index in [1.165, 1.54) is 12.8 Å². The molecule has 1 aromatic heterocycles. The molecule has 0 spiro atoms. The van der Waals surface area contributed by atoms with Crippen LogP contribution < -0.4 is 5.32 Å². The van der Waals surface area contributed by atoms with Crippen LogP contribution in [0.3, 0.4) is 0 Å². The van der Waals surface area contributed by atoms with Gasteiger partial charge >= 0.3 is 0 Å². The van der Waals surface area contributed by atoms with E-state index in [0.717, 1.165) is 31.4 Å². The molecule has 1 aliphatic carbocycles. The van der Waals surface area contributed by atoms with E-state index >= 15 is 0 Å². The maximum atomic E-state index is 5.37. The zero-order chi connectivity index (χ0) is 11.0. The summed E-state index contributed by atoms with van der Waals surface area (Å²) in [6, 6.07) is 0. The molecule has 3 rings (SSSR count). The first kappa shape index (κ1) is 10.2. The van der Waals surface area contributed by atoms with Gasteiger partial charge in [0, 0.05) is 32.0 Å². The third kappa shape index (κ3) is 1.85. The lowest BCUT2D eigenvalue weighted by molar-refractivity contribution is 0.146. The molecule has 1 aromatic rings. The highest BCUT2D eigenvalue weighted by atomic mass is 16.5. The summed E-state index contributed by atoms with van der Waals surface area (Å²) in [7, 11) is 1.73. The van der Waals surface area contributed by atoms with Gasteiger partial charge in [-0.25, -0.2) is 0 Å². The second kappa shape index (κ2) is 4.14. The van der Waals surface area contributed by atoms with Crippen LogP contribution in [0, 0.1) is 5.92 Å². The number of methoxy groups -OCH3 is 1. The van der Waals surface area contributed by atoms with Crippen LogP contribution in [0.5, 0.6) is 0 Å². The predicted octanol–water partition coefficient (Wildman–Crippen LogP) is 0.896. The molecular formula is C11H17N3O2. The largest absolute Gasteiger partial charge is 0.384 e. The van der Waals surface area contributed by atoms with Crippen molar-refractivity contribution in [3.05, 3.63) is 11.7 Å². The number of rotatable bonds is 4. The van der Waals surface area contributed by atoms with Gasteiger partial charge in [-0.15, -0.1) is 0 Å². The van der Waals surface area contributed by atoms with Crippen LogP contribution in [0.15, 0.2) is 4.52 Å². The number of nitrogens with zero attached hydrogens (tertiary/aromatic N) is 2. The third-order valence-electron chi connectivity index (χ3n) is 3.44. The van der Waals surface area contributed by atoms with Crippen LogP contribution in [0.1, 0.15) is 36.4 Å². The van der Waals surface area contributed by atoms with Gasteiger partial charge in [0.2, 0.25) is 5.89 Å². The molecule has 1 aliphatic heterocycles. The Kier molecular flexibility index (Phi) is 2.65. The Bertz CT molecular complexity index is 362. The standard InChI is InChI=1S/C11H17N3O2/c1-15-6-8-4-12-5-9(8)11-13-10(14-16-11)7-2-3-7/h7-9,12H,2-6H2,1H3/t8-,9+/m1/s1. The minimum atomic E-state index is 0.319. The van der Waals surface area contributed by atoms with E-state index in [4.69, 9.17) is 9.26 Å². The summed E-state index contributed by atoms with van der Waals surface area (Å²) in [4.78, 5) is 4.51. The maximum absolute atomic E-state index is 5.37. The summed E-state index contributed by atoms with van der Waals surface area (Å²) < 4.78 is 10.6. The first-order chi connectivity index (χ1) is 7.88. The fourth-order valence-corrected chi connectivity index (χ4v) is 2.32. The zero-order valence-corrected chi connectivity index (χ0v) is 9.48. The highest BCUT2D eigenvalue weighted by molar-refractivity contribution is 5.07. The molecule has 2 aliphatic rings. The Balaban J connectivity index is 1.73. The first-order valence-corrected chi connectivity index (χ1v) is 5.91. The van der Waals surface area contributed by atoms with Gasteiger partial charge in [-0.05, 0) is 12.8 Å². The van der Waals surface area contributed by atoms with Crippen LogP contribution >= 0.6 is 0 Å². The molecule has 2 fully saturated rings. The fourth-order valence-electron chi connectivity index (χ4n) is 2.32. The van der Waals surface area contributed by atoms with Crippen LogP contribution in [0.4, 0.5) is 0 Å². The van der Waals surface area contributed by atoms with Gasteiger partial charge in [0.25, 0.3) is 0 Å². The average Bonchev–Trinajstić information content (AvgIpc) is 2.85. The normalized spacial score (nSPS) is 29.8. The van der Waals surface area contributed by atoms with Crippen molar-refractivity contribution in [2.24, 2.45) is 5.92 Å². The predicted molar refractivity (Wildman–Crippen MR) is 57.2 cm³/mol. The molecule has 88 valence electrons. The van der Waals surface area contributed by atoms with Crippen molar-refractivity contribution in [3.63, 3.8) is 0 Å². The minimum Gasteiger partial charge on any atom is -0.384 e. The summed E-state index contributed by atoms with van der Waals surface area (Å²) in [6.45, 7) is 2.64. The van der Waals surface area contributed by atoms with Crippen LogP contribution in [0.2, 0.25) is 0 Å². The van der Waals surface area contributed by atoms with Crippen LogP contribution in [0.25, 0.3) is 0 Å². The van der Waals surface area contributed by atoms with Crippen molar-refractivity contribution < 1.29 is 9.26 Å². The van der Waals surface area contributed by atoms with Gasteiger partial charge in [-0.3, -0.25) is 0 Å². The van der Waals surface area contributed by atoms with Crippen LogP contribution in [-0.4, -0.2) is 36.9 Å². The second-order valence-electron chi connectivity index (χ2n) is 4.75. The molecule has 2 heterocycles. The maximum Gasteiger partial charge on any atom is 0.231 e. The Morgan fingerprint density at radius 1 is 1.44 bits per heavy atom. The molecule has 1 saturated heterocycles. The van der Waals surface area contributed by atoms with Crippen molar-refractivity contribution in [3.8, 4) is 0 Å². The minimum absolute atomic E-state index is 0.319. The smallest absolute Gasteiger partial charge is 0.231 e.